The van der Waals surface area contributed by atoms with Crippen molar-refractivity contribution in [3.05, 3.63) is 0 Å². The molecule has 5 nitrogen and oxygen atoms in total. The highest BCUT2D eigenvalue weighted by atomic mass is 16.5. The summed E-state index contributed by atoms with van der Waals surface area (Å²) in [5, 5.41) is 3.50. The van der Waals surface area contributed by atoms with E-state index in [4.69, 9.17) is 4.74 Å². The molecule has 20 heavy (non-hydrogen) atoms. The summed E-state index contributed by atoms with van der Waals surface area (Å²) in [5.41, 5.74) is 0. The van der Waals surface area contributed by atoms with Crippen molar-refractivity contribution in [3.8, 4) is 0 Å². The van der Waals surface area contributed by atoms with E-state index in [1.54, 1.807) is 0 Å². The average Bonchev–Trinajstić information content (AvgIpc) is 3.17. The molecule has 1 saturated heterocycles. The normalized spacial score (nSPS) is 25.1. The maximum atomic E-state index is 5.44. The largest absolute Gasteiger partial charge is 0.381 e. The van der Waals surface area contributed by atoms with Gasteiger partial charge in [-0.05, 0) is 33.2 Å². The third kappa shape index (κ3) is 4.35. The third-order valence-electron chi connectivity index (χ3n) is 4.50. The maximum Gasteiger partial charge on any atom is 0.193 e. The quantitative estimate of drug-likeness (QED) is 0.583. The zero-order valence-corrected chi connectivity index (χ0v) is 13.4. The van der Waals surface area contributed by atoms with E-state index < -0.39 is 0 Å². The number of nitrogens with one attached hydrogen (secondary N) is 1. The second-order valence-corrected chi connectivity index (χ2v) is 6.28. The second-order valence-electron chi connectivity index (χ2n) is 6.28. The van der Waals surface area contributed by atoms with E-state index in [0.29, 0.717) is 12.0 Å². The molecular weight excluding hydrogens is 252 g/mol. The number of likely N-dealkylation sites (N-methyl/N-ethyl adjacent to an activating group) is 1. The fourth-order valence-electron chi connectivity index (χ4n) is 2.81. The third-order valence-corrected chi connectivity index (χ3v) is 4.50. The molecule has 2 atom stereocenters. The van der Waals surface area contributed by atoms with Gasteiger partial charge in [0.15, 0.2) is 5.96 Å². The van der Waals surface area contributed by atoms with Crippen LogP contribution in [0.1, 0.15) is 26.2 Å². The predicted molar refractivity (Wildman–Crippen MR) is 83.2 cm³/mol. The van der Waals surface area contributed by atoms with Crippen molar-refractivity contribution in [1.29, 1.82) is 0 Å². The molecule has 2 aliphatic rings. The lowest BCUT2D eigenvalue weighted by Crippen LogP contribution is -2.47. The Morgan fingerprint density at radius 2 is 2.10 bits per heavy atom. The summed E-state index contributed by atoms with van der Waals surface area (Å²) >= 11 is 0. The van der Waals surface area contributed by atoms with Gasteiger partial charge < -0.3 is 15.0 Å². The lowest BCUT2D eigenvalue weighted by Gasteiger charge is -2.28. The van der Waals surface area contributed by atoms with Crippen molar-refractivity contribution >= 4 is 5.96 Å². The zero-order valence-electron chi connectivity index (χ0n) is 13.4. The highest BCUT2D eigenvalue weighted by Crippen LogP contribution is 2.26. The Morgan fingerprint density at radius 3 is 2.65 bits per heavy atom. The van der Waals surface area contributed by atoms with Crippen LogP contribution in [0.4, 0.5) is 0 Å². The molecule has 116 valence electrons. The Morgan fingerprint density at radius 1 is 1.35 bits per heavy atom. The van der Waals surface area contributed by atoms with Gasteiger partial charge in [-0.15, -0.1) is 0 Å². The fourth-order valence-corrected chi connectivity index (χ4v) is 2.81. The van der Waals surface area contributed by atoms with Gasteiger partial charge in [-0.3, -0.25) is 9.89 Å². The molecular formula is C15H30N4O. The molecule has 0 aromatic heterocycles. The number of guanidine groups is 1. The fraction of sp³-hybridized carbons (Fsp3) is 0.933. The number of aliphatic imine (C=N–C) groups is 1. The zero-order chi connectivity index (χ0) is 14.5. The number of hydrogen-bond acceptors (Lipinski definition) is 3. The van der Waals surface area contributed by atoms with Gasteiger partial charge in [-0.25, -0.2) is 0 Å². The van der Waals surface area contributed by atoms with E-state index in [1.165, 1.54) is 19.3 Å². The molecule has 2 fully saturated rings. The average molecular weight is 282 g/mol. The monoisotopic (exact) mass is 282 g/mol. The topological polar surface area (TPSA) is 40.1 Å². The highest BCUT2D eigenvalue weighted by molar-refractivity contribution is 5.79. The van der Waals surface area contributed by atoms with Crippen LogP contribution >= 0.6 is 0 Å². The molecule has 0 aromatic carbocycles. The predicted octanol–water partition coefficient (Wildman–Crippen LogP) is 1.01. The summed E-state index contributed by atoms with van der Waals surface area (Å²) in [6.45, 7) is 6.05. The van der Waals surface area contributed by atoms with E-state index in [2.05, 4.69) is 41.1 Å². The van der Waals surface area contributed by atoms with Crippen molar-refractivity contribution in [2.45, 2.75) is 38.3 Å². The molecule has 5 heteroatoms. The molecule has 0 radical (unpaired) electrons. The Labute approximate surface area is 123 Å². The standard InChI is InChI=1S/C15H30N4O/c1-12(19(4)14-5-6-14)9-17-15(16-2)18(3)10-13-7-8-20-11-13/h12-14H,5-11H2,1-4H3,(H,16,17). The summed E-state index contributed by atoms with van der Waals surface area (Å²) < 4.78 is 5.44. The lowest BCUT2D eigenvalue weighted by atomic mass is 10.1. The Hall–Kier alpha value is -0.810. The first-order valence-corrected chi connectivity index (χ1v) is 7.83. The van der Waals surface area contributed by atoms with E-state index in [1.807, 2.05) is 7.05 Å². The summed E-state index contributed by atoms with van der Waals surface area (Å²) in [6, 6.07) is 1.35. The summed E-state index contributed by atoms with van der Waals surface area (Å²) in [6.07, 6.45) is 3.89. The van der Waals surface area contributed by atoms with Crippen molar-refractivity contribution in [3.63, 3.8) is 0 Å². The molecule has 0 aromatic rings. The van der Waals surface area contributed by atoms with Crippen molar-refractivity contribution < 1.29 is 4.74 Å². The van der Waals surface area contributed by atoms with E-state index in [-0.39, 0.29) is 0 Å². The van der Waals surface area contributed by atoms with Gasteiger partial charge in [0.25, 0.3) is 0 Å². The van der Waals surface area contributed by atoms with Crippen molar-refractivity contribution in [2.24, 2.45) is 10.9 Å². The molecule has 0 amide bonds. The molecule has 1 heterocycles. The van der Waals surface area contributed by atoms with Gasteiger partial charge in [0, 0.05) is 51.8 Å². The van der Waals surface area contributed by atoms with Crippen LogP contribution in [-0.4, -0.2) is 75.3 Å². The number of rotatable bonds is 6. The van der Waals surface area contributed by atoms with Crippen LogP contribution in [0, 0.1) is 5.92 Å². The molecule has 0 bridgehead atoms. The van der Waals surface area contributed by atoms with Gasteiger partial charge in [0.05, 0.1) is 6.61 Å². The van der Waals surface area contributed by atoms with Gasteiger partial charge in [-0.1, -0.05) is 0 Å². The van der Waals surface area contributed by atoms with E-state index >= 15 is 0 Å². The van der Waals surface area contributed by atoms with E-state index in [0.717, 1.165) is 38.3 Å². The Balaban J connectivity index is 1.73. The molecule has 2 unspecified atom stereocenters. The van der Waals surface area contributed by atoms with Crippen molar-refractivity contribution in [1.82, 2.24) is 15.1 Å². The first-order chi connectivity index (χ1) is 9.61. The highest BCUT2D eigenvalue weighted by Gasteiger charge is 2.29. The van der Waals surface area contributed by atoms with Crippen LogP contribution in [0.5, 0.6) is 0 Å². The van der Waals surface area contributed by atoms with E-state index in [9.17, 15) is 0 Å². The van der Waals surface area contributed by atoms with Gasteiger partial charge in [0.2, 0.25) is 0 Å². The minimum Gasteiger partial charge on any atom is -0.381 e. The minimum absolute atomic E-state index is 0.544. The Bertz CT molecular complexity index is 324. The second kappa shape index (κ2) is 7.27. The van der Waals surface area contributed by atoms with Gasteiger partial charge in [-0.2, -0.15) is 0 Å². The molecule has 1 saturated carbocycles. The molecule has 0 spiro atoms. The van der Waals surface area contributed by atoms with Crippen LogP contribution < -0.4 is 5.32 Å². The summed E-state index contributed by atoms with van der Waals surface area (Å²) in [7, 11) is 6.20. The SMILES string of the molecule is CN=C(NCC(C)N(C)C1CC1)N(C)CC1CCOC1. The molecule has 2 rings (SSSR count). The molecule has 1 aliphatic heterocycles. The molecule has 1 N–H and O–H groups in total. The van der Waals surface area contributed by atoms with Crippen LogP contribution in [0.25, 0.3) is 0 Å². The number of ether oxygens (including phenoxy) is 1. The lowest BCUT2D eigenvalue weighted by molar-refractivity contribution is 0.181. The summed E-state index contributed by atoms with van der Waals surface area (Å²) in [4.78, 5) is 9.10. The van der Waals surface area contributed by atoms with Crippen LogP contribution in [0.15, 0.2) is 4.99 Å². The van der Waals surface area contributed by atoms with Crippen LogP contribution in [0.3, 0.4) is 0 Å². The first kappa shape index (κ1) is 15.6. The maximum absolute atomic E-state index is 5.44. The Kier molecular flexibility index (Phi) is 5.66. The van der Waals surface area contributed by atoms with Crippen LogP contribution in [-0.2, 0) is 4.74 Å². The minimum atomic E-state index is 0.544. The van der Waals surface area contributed by atoms with Crippen LogP contribution in [0.2, 0.25) is 0 Å². The molecule has 1 aliphatic carbocycles. The number of hydrogen-bond donors (Lipinski definition) is 1. The first-order valence-electron chi connectivity index (χ1n) is 7.83. The number of nitrogens with zero attached hydrogens (tertiary/aromatic N) is 3. The van der Waals surface area contributed by atoms with Gasteiger partial charge >= 0.3 is 0 Å². The van der Waals surface area contributed by atoms with Gasteiger partial charge in [0.1, 0.15) is 0 Å². The summed E-state index contributed by atoms with van der Waals surface area (Å²) in [5.74, 6) is 1.64. The smallest absolute Gasteiger partial charge is 0.193 e. The van der Waals surface area contributed by atoms with Crippen molar-refractivity contribution in [2.75, 3.05) is 47.4 Å².